The topological polar surface area (TPSA) is 26.3 Å². The first-order valence-corrected chi connectivity index (χ1v) is 4.74. The lowest BCUT2D eigenvalue weighted by molar-refractivity contribution is -0.138. The molecule has 0 heterocycles. The number of hydrogen-bond acceptors (Lipinski definition) is 3. The van der Waals surface area contributed by atoms with E-state index in [0.717, 1.165) is 0 Å². The van der Waals surface area contributed by atoms with Crippen molar-refractivity contribution in [2.75, 3.05) is 6.61 Å². The minimum absolute atomic E-state index is 0.344. The number of allylic oxidation sites excluding steroid dienone is 3. The van der Waals surface area contributed by atoms with E-state index in [0.29, 0.717) is 17.0 Å². The van der Waals surface area contributed by atoms with Gasteiger partial charge in [0.15, 0.2) is 0 Å². The molecule has 1 rings (SSSR count). The van der Waals surface area contributed by atoms with Gasteiger partial charge in [-0.15, -0.1) is 11.6 Å². The van der Waals surface area contributed by atoms with Crippen LogP contribution in [0.15, 0.2) is 23.8 Å². The SMILES string of the molecule is CCOC(=O)C1=CC=CC(=S)C1Cl. The van der Waals surface area contributed by atoms with Crippen LogP contribution in [0, 0.1) is 0 Å². The van der Waals surface area contributed by atoms with Crippen LogP contribution in [-0.4, -0.2) is 22.8 Å². The summed E-state index contributed by atoms with van der Waals surface area (Å²) >= 11 is 10.8. The van der Waals surface area contributed by atoms with Gasteiger partial charge in [-0.2, -0.15) is 0 Å². The predicted molar refractivity (Wildman–Crippen MR) is 56.1 cm³/mol. The zero-order chi connectivity index (χ0) is 9.84. The molecule has 0 saturated heterocycles. The lowest BCUT2D eigenvalue weighted by atomic mass is 10.0. The summed E-state index contributed by atoms with van der Waals surface area (Å²) in [5.74, 6) is -0.394. The molecule has 0 aromatic carbocycles. The molecule has 0 aliphatic heterocycles. The molecule has 4 heteroatoms. The van der Waals surface area contributed by atoms with E-state index >= 15 is 0 Å². The highest BCUT2D eigenvalue weighted by atomic mass is 35.5. The number of carbonyl (C=O) groups is 1. The average Bonchev–Trinajstić information content (AvgIpc) is 2.10. The average molecular weight is 217 g/mol. The first-order valence-electron chi connectivity index (χ1n) is 3.90. The molecule has 0 saturated carbocycles. The molecule has 0 N–H and O–H groups in total. The van der Waals surface area contributed by atoms with Crippen molar-refractivity contribution in [1.29, 1.82) is 0 Å². The maximum atomic E-state index is 11.3. The summed E-state index contributed by atoms with van der Waals surface area (Å²) in [6, 6.07) is 0. The van der Waals surface area contributed by atoms with Crippen LogP contribution in [0.3, 0.4) is 0 Å². The van der Waals surface area contributed by atoms with Gasteiger partial charge in [0.25, 0.3) is 0 Å². The van der Waals surface area contributed by atoms with Gasteiger partial charge in [-0.25, -0.2) is 4.79 Å². The van der Waals surface area contributed by atoms with Crippen molar-refractivity contribution in [2.45, 2.75) is 12.3 Å². The summed E-state index contributed by atoms with van der Waals surface area (Å²) in [5, 5.41) is -0.529. The van der Waals surface area contributed by atoms with Crippen molar-refractivity contribution < 1.29 is 9.53 Å². The lowest BCUT2D eigenvalue weighted by Crippen LogP contribution is -2.23. The molecule has 0 amide bonds. The van der Waals surface area contributed by atoms with Crippen LogP contribution in [0.2, 0.25) is 0 Å². The van der Waals surface area contributed by atoms with Crippen LogP contribution in [0.5, 0.6) is 0 Å². The summed E-state index contributed by atoms with van der Waals surface area (Å²) in [5.41, 5.74) is 0.413. The second-order valence-corrected chi connectivity index (χ2v) is 3.37. The molecule has 0 aromatic heterocycles. The Balaban J connectivity index is 2.79. The van der Waals surface area contributed by atoms with E-state index in [1.165, 1.54) is 0 Å². The van der Waals surface area contributed by atoms with Gasteiger partial charge in [0.1, 0.15) is 5.38 Å². The normalized spacial score (nSPS) is 21.2. The highest BCUT2D eigenvalue weighted by molar-refractivity contribution is 7.81. The second kappa shape index (κ2) is 4.53. The molecule has 1 atom stereocenters. The lowest BCUT2D eigenvalue weighted by Gasteiger charge is -2.14. The molecule has 0 bridgehead atoms. The number of esters is 1. The maximum absolute atomic E-state index is 11.3. The molecule has 0 aromatic rings. The van der Waals surface area contributed by atoms with Gasteiger partial charge in [-0.3, -0.25) is 0 Å². The summed E-state index contributed by atoms with van der Waals surface area (Å²) in [7, 11) is 0. The Kier molecular flexibility index (Phi) is 3.63. The molecule has 2 nitrogen and oxygen atoms in total. The number of halogens is 1. The van der Waals surface area contributed by atoms with Gasteiger partial charge in [-0.05, 0) is 19.1 Å². The van der Waals surface area contributed by atoms with Gasteiger partial charge in [0, 0.05) is 4.86 Å². The van der Waals surface area contributed by atoms with Crippen molar-refractivity contribution in [2.24, 2.45) is 0 Å². The zero-order valence-electron chi connectivity index (χ0n) is 7.12. The molecule has 0 spiro atoms. The molecule has 0 fully saturated rings. The molecule has 1 aliphatic carbocycles. The molecule has 70 valence electrons. The standard InChI is InChI=1S/C9H9ClO2S/c1-2-12-9(11)6-4-3-5-7(13)8(6)10/h3-5,8H,2H2,1H3. The largest absolute Gasteiger partial charge is 0.463 e. The number of thiocarbonyl (C=S) groups is 1. The van der Waals surface area contributed by atoms with Gasteiger partial charge in [-0.1, -0.05) is 18.3 Å². The Labute approximate surface area is 87.2 Å². The smallest absolute Gasteiger partial charge is 0.335 e. The van der Waals surface area contributed by atoms with Crippen LogP contribution in [0.25, 0.3) is 0 Å². The first kappa shape index (κ1) is 10.4. The Morgan fingerprint density at radius 2 is 2.46 bits per heavy atom. The van der Waals surface area contributed by atoms with Crippen LogP contribution >= 0.6 is 23.8 Å². The number of ether oxygens (including phenoxy) is 1. The van der Waals surface area contributed by atoms with Gasteiger partial charge >= 0.3 is 5.97 Å². The van der Waals surface area contributed by atoms with Gasteiger partial charge in [0.2, 0.25) is 0 Å². The fourth-order valence-corrected chi connectivity index (χ4v) is 1.39. The third kappa shape index (κ3) is 2.39. The molecular formula is C9H9ClO2S. The summed E-state index contributed by atoms with van der Waals surface area (Å²) in [6.45, 7) is 2.09. The Hall–Kier alpha value is -0.670. The molecular weight excluding hydrogens is 208 g/mol. The van der Waals surface area contributed by atoms with Crippen molar-refractivity contribution in [1.82, 2.24) is 0 Å². The van der Waals surface area contributed by atoms with E-state index in [4.69, 9.17) is 28.6 Å². The summed E-state index contributed by atoms with van der Waals surface area (Å²) in [4.78, 5) is 11.8. The fraction of sp³-hybridized carbons (Fsp3) is 0.333. The van der Waals surface area contributed by atoms with E-state index in [1.807, 2.05) is 0 Å². The van der Waals surface area contributed by atoms with Crippen LogP contribution < -0.4 is 0 Å². The fourth-order valence-electron chi connectivity index (χ4n) is 0.955. The molecule has 13 heavy (non-hydrogen) atoms. The highest BCUT2D eigenvalue weighted by Crippen LogP contribution is 2.18. The van der Waals surface area contributed by atoms with E-state index in [-0.39, 0.29) is 0 Å². The maximum Gasteiger partial charge on any atom is 0.335 e. The van der Waals surface area contributed by atoms with Gasteiger partial charge in [0.05, 0.1) is 12.2 Å². The van der Waals surface area contributed by atoms with Crippen molar-refractivity contribution in [3.8, 4) is 0 Å². The van der Waals surface area contributed by atoms with Crippen molar-refractivity contribution >= 4 is 34.7 Å². The third-order valence-corrected chi connectivity index (χ3v) is 2.54. The predicted octanol–water partition coefficient (Wildman–Crippen LogP) is 2.02. The number of rotatable bonds is 2. The Morgan fingerprint density at radius 3 is 3.08 bits per heavy atom. The number of alkyl halides is 1. The van der Waals surface area contributed by atoms with Crippen LogP contribution in [-0.2, 0) is 9.53 Å². The van der Waals surface area contributed by atoms with Crippen LogP contribution in [0.1, 0.15) is 6.92 Å². The third-order valence-electron chi connectivity index (χ3n) is 1.57. The quantitative estimate of drug-likeness (QED) is 0.401. The molecule has 1 aliphatic rings. The van der Waals surface area contributed by atoms with E-state index in [9.17, 15) is 4.79 Å². The minimum Gasteiger partial charge on any atom is -0.463 e. The highest BCUT2D eigenvalue weighted by Gasteiger charge is 2.23. The molecule has 0 radical (unpaired) electrons. The van der Waals surface area contributed by atoms with E-state index in [1.54, 1.807) is 25.2 Å². The number of carbonyl (C=O) groups excluding carboxylic acids is 1. The monoisotopic (exact) mass is 216 g/mol. The van der Waals surface area contributed by atoms with Crippen LogP contribution in [0.4, 0.5) is 0 Å². The Bertz CT molecular complexity index is 294. The van der Waals surface area contributed by atoms with Crippen molar-refractivity contribution in [3.05, 3.63) is 23.8 Å². The summed E-state index contributed by atoms with van der Waals surface area (Å²) in [6.07, 6.45) is 5.04. The Morgan fingerprint density at radius 1 is 1.77 bits per heavy atom. The second-order valence-electron chi connectivity index (χ2n) is 2.47. The summed E-state index contributed by atoms with van der Waals surface area (Å²) < 4.78 is 4.81. The van der Waals surface area contributed by atoms with Gasteiger partial charge < -0.3 is 4.74 Å². The number of hydrogen-bond donors (Lipinski definition) is 0. The van der Waals surface area contributed by atoms with E-state index < -0.39 is 11.3 Å². The first-order chi connectivity index (χ1) is 6.16. The molecule has 1 unspecified atom stereocenters. The van der Waals surface area contributed by atoms with E-state index in [2.05, 4.69) is 0 Å². The zero-order valence-corrected chi connectivity index (χ0v) is 8.69. The minimum atomic E-state index is -0.529. The van der Waals surface area contributed by atoms with Crippen molar-refractivity contribution in [3.63, 3.8) is 0 Å².